The number of primary amides is 1. The summed E-state index contributed by atoms with van der Waals surface area (Å²) in [4.78, 5) is 25.8. The molecule has 1 aliphatic heterocycles. The van der Waals surface area contributed by atoms with Gasteiger partial charge < -0.3 is 15.2 Å². The second-order valence-corrected chi connectivity index (χ2v) is 5.98. The van der Waals surface area contributed by atoms with Gasteiger partial charge in [0.2, 0.25) is 5.91 Å². The molecule has 1 saturated heterocycles. The molecule has 2 N–H and O–H groups in total. The Hall–Kier alpha value is -2.56. The number of benzene rings is 1. The number of amides is 2. The molecule has 2 heterocycles. The zero-order valence-corrected chi connectivity index (χ0v) is 13.0. The van der Waals surface area contributed by atoms with E-state index in [4.69, 9.17) is 5.73 Å². The highest BCUT2D eigenvalue weighted by atomic mass is 16.2. The van der Waals surface area contributed by atoms with Crippen LogP contribution in [0.15, 0.2) is 48.7 Å². The molecule has 1 fully saturated rings. The molecule has 1 aliphatic rings. The first-order chi connectivity index (χ1) is 11.1. The minimum atomic E-state index is -0.260. The Morgan fingerprint density at radius 3 is 2.39 bits per heavy atom. The number of aromatic nitrogens is 1. The van der Waals surface area contributed by atoms with Crippen molar-refractivity contribution in [2.75, 3.05) is 13.1 Å². The van der Waals surface area contributed by atoms with Crippen molar-refractivity contribution in [3.05, 3.63) is 59.9 Å². The van der Waals surface area contributed by atoms with E-state index in [0.29, 0.717) is 38.2 Å². The quantitative estimate of drug-likeness (QED) is 0.936. The van der Waals surface area contributed by atoms with Crippen molar-refractivity contribution in [3.8, 4) is 0 Å². The van der Waals surface area contributed by atoms with Crippen LogP contribution in [0.3, 0.4) is 0 Å². The Balaban J connectivity index is 1.69. The molecule has 23 heavy (non-hydrogen) atoms. The molecule has 2 amide bonds. The number of carbonyl (C=O) groups is 2. The summed E-state index contributed by atoms with van der Waals surface area (Å²) < 4.78 is 1.97. The van der Waals surface area contributed by atoms with Crippen molar-refractivity contribution in [3.63, 3.8) is 0 Å². The summed E-state index contributed by atoms with van der Waals surface area (Å²) >= 11 is 0. The third-order valence-electron chi connectivity index (χ3n) is 4.43. The van der Waals surface area contributed by atoms with E-state index in [9.17, 15) is 9.59 Å². The molecule has 120 valence electrons. The zero-order chi connectivity index (χ0) is 16.2. The van der Waals surface area contributed by atoms with Gasteiger partial charge in [-0.25, -0.2) is 0 Å². The largest absolute Gasteiger partial charge is 0.369 e. The average Bonchev–Trinajstić information content (AvgIpc) is 3.03. The lowest BCUT2D eigenvalue weighted by atomic mass is 9.96. The van der Waals surface area contributed by atoms with Crippen LogP contribution in [0.1, 0.15) is 28.9 Å². The molecule has 1 aromatic heterocycles. The Morgan fingerprint density at radius 2 is 1.74 bits per heavy atom. The van der Waals surface area contributed by atoms with Crippen LogP contribution in [0.25, 0.3) is 0 Å². The molecule has 0 aliphatic carbocycles. The smallest absolute Gasteiger partial charge is 0.270 e. The molecule has 0 atom stereocenters. The van der Waals surface area contributed by atoms with Gasteiger partial charge in [-0.3, -0.25) is 9.59 Å². The molecule has 0 radical (unpaired) electrons. The topological polar surface area (TPSA) is 68.3 Å². The lowest BCUT2D eigenvalue weighted by molar-refractivity contribution is -0.123. The van der Waals surface area contributed by atoms with Crippen molar-refractivity contribution in [1.29, 1.82) is 0 Å². The number of nitrogens with two attached hydrogens (primary N) is 1. The monoisotopic (exact) mass is 311 g/mol. The van der Waals surface area contributed by atoms with Gasteiger partial charge in [-0.1, -0.05) is 30.3 Å². The van der Waals surface area contributed by atoms with Gasteiger partial charge in [-0.05, 0) is 30.5 Å². The normalized spacial score (nSPS) is 15.6. The van der Waals surface area contributed by atoms with E-state index in [1.165, 1.54) is 0 Å². The Morgan fingerprint density at radius 1 is 1.04 bits per heavy atom. The van der Waals surface area contributed by atoms with Gasteiger partial charge in [0.1, 0.15) is 5.69 Å². The van der Waals surface area contributed by atoms with Crippen LogP contribution in [0, 0.1) is 5.92 Å². The Bertz CT molecular complexity index is 685. The fourth-order valence-corrected chi connectivity index (χ4v) is 3.06. The third kappa shape index (κ3) is 3.44. The van der Waals surface area contributed by atoms with Crippen LogP contribution in [-0.4, -0.2) is 34.4 Å². The van der Waals surface area contributed by atoms with Gasteiger partial charge in [0.05, 0.1) is 0 Å². The van der Waals surface area contributed by atoms with Gasteiger partial charge in [0.15, 0.2) is 0 Å². The lowest BCUT2D eigenvalue weighted by Crippen LogP contribution is -2.42. The van der Waals surface area contributed by atoms with Crippen LogP contribution < -0.4 is 5.73 Å². The molecule has 2 aromatic rings. The van der Waals surface area contributed by atoms with Gasteiger partial charge in [0, 0.05) is 31.7 Å². The lowest BCUT2D eigenvalue weighted by Gasteiger charge is -2.30. The van der Waals surface area contributed by atoms with Crippen LogP contribution >= 0.6 is 0 Å². The first-order valence-electron chi connectivity index (χ1n) is 7.93. The number of carbonyl (C=O) groups excluding carboxylic acids is 2. The van der Waals surface area contributed by atoms with E-state index in [0.717, 1.165) is 5.56 Å². The van der Waals surface area contributed by atoms with E-state index < -0.39 is 0 Å². The summed E-state index contributed by atoms with van der Waals surface area (Å²) in [6.45, 7) is 1.85. The summed E-state index contributed by atoms with van der Waals surface area (Å²) in [5, 5.41) is 0. The van der Waals surface area contributed by atoms with Crippen LogP contribution in [0.4, 0.5) is 0 Å². The zero-order valence-electron chi connectivity index (χ0n) is 13.0. The molecular weight excluding hydrogens is 290 g/mol. The third-order valence-corrected chi connectivity index (χ3v) is 4.43. The highest BCUT2D eigenvalue weighted by Gasteiger charge is 2.27. The average molecular weight is 311 g/mol. The van der Waals surface area contributed by atoms with Gasteiger partial charge in [-0.15, -0.1) is 0 Å². The van der Waals surface area contributed by atoms with Gasteiger partial charge in [0.25, 0.3) is 5.91 Å². The summed E-state index contributed by atoms with van der Waals surface area (Å²) in [7, 11) is 0. The van der Waals surface area contributed by atoms with Gasteiger partial charge >= 0.3 is 0 Å². The van der Waals surface area contributed by atoms with Crippen molar-refractivity contribution in [2.45, 2.75) is 19.4 Å². The highest BCUT2D eigenvalue weighted by Crippen LogP contribution is 2.19. The molecule has 0 bridgehead atoms. The molecule has 5 nitrogen and oxygen atoms in total. The second kappa shape index (κ2) is 6.69. The standard InChI is InChI=1S/C18H21N3O2/c19-17(22)15-8-11-20(12-9-15)18(23)16-7-4-10-21(16)13-14-5-2-1-3-6-14/h1-7,10,15H,8-9,11-13H2,(H2,19,22). The fourth-order valence-electron chi connectivity index (χ4n) is 3.06. The van der Waals surface area contributed by atoms with Crippen LogP contribution in [-0.2, 0) is 11.3 Å². The minimum Gasteiger partial charge on any atom is -0.369 e. The molecule has 0 saturated carbocycles. The molecule has 3 rings (SSSR count). The van der Waals surface area contributed by atoms with Crippen molar-refractivity contribution >= 4 is 11.8 Å². The molecule has 5 heteroatoms. The molecule has 1 aromatic carbocycles. The summed E-state index contributed by atoms with van der Waals surface area (Å²) in [6, 6.07) is 13.8. The Labute approximate surface area is 135 Å². The second-order valence-electron chi connectivity index (χ2n) is 5.98. The maximum atomic E-state index is 12.7. The predicted molar refractivity (Wildman–Crippen MR) is 87.8 cm³/mol. The van der Waals surface area contributed by atoms with Crippen LogP contribution in [0.2, 0.25) is 0 Å². The first-order valence-corrected chi connectivity index (χ1v) is 7.93. The maximum absolute atomic E-state index is 12.7. The van der Waals surface area contributed by atoms with Crippen molar-refractivity contribution in [1.82, 2.24) is 9.47 Å². The fraction of sp³-hybridized carbons (Fsp3) is 0.333. The SMILES string of the molecule is NC(=O)C1CCN(C(=O)c2cccn2Cc2ccccc2)CC1. The van der Waals surface area contributed by atoms with Crippen molar-refractivity contribution in [2.24, 2.45) is 11.7 Å². The maximum Gasteiger partial charge on any atom is 0.270 e. The summed E-state index contributed by atoms with van der Waals surface area (Å²) in [5.74, 6) is -0.339. The molecule has 0 spiro atoms. The Kier molecular flexibility index (Phi) is 4.46. The number of piperidine rings is 1. The summed E-state index contributed by atoms with van der Waals surface area (Å²) in [5.41, 5.74) is 7.19. The first kappa shape index (κ1) is 15.3. The summed E-state index contributed by atoms with van der Waals surface area (Å²) in [6.07, 6.45) is 3.23. The molecule has 0 unspecified atom stereocenters. The van der Waals surface area contributed by atoms with Crippen LogP contribution in [0.5, 0.6) is 0 Å². The number of likely N-dealkylation sites (tertiary alicyclic amines) is 1. The number of rotatable bonds is 4. The predicted octanol–water partition coefficient (Wildman–Crippen LogP) is 1.87. The van der Waals surface area contributed by atoms with Gasteiger partial charge in [-0.2, -0.15) is 0 Å². The van der Waals surface area contributed by atoms with Crippen molar-refractivity contribution < 1.29 is 9.59 Å². The number of hydrogen-bond acceptors (Lipinski definition) is 2. The van der Waals surface area contributed by atoms with E-state index in [2.05, 4.69) is 0 Å². The number of hydrogen-bond donors (Lipinski definition) is 1. The minimum absolute atomic E-state index is 0.0221. The van der Waals surface area contributed by atoms with E-state index in [1.807, 2.05) is 58.1 Å². The van der Waals surface area contributed by atoms with E-state index in [1.54, 1.807) is 0 Å². The van der Waals surface area contributed by atoms with E-state index >= 15 is 0 Å². The van der Waals surface area contributed by atoms with E-state index in [-0.39, 0.29) is 17.7 Å². The molecular formula is C18H21N3O2. The number of nitrogens with zero attached hydrogens (tertiary/aromatic N) is 2. The highest BCUT2D eigenvalue weighted by molar-refractivity contribution is 5.93.